The van der Waals surface area contributed by atoms with E-state index in [4.69, 9.17) is 33.0 Å². The minimum absolute atomic E-state index is 0.0386. The zero-order valence-electron chi connectivity index (χ0n) is 18.5. The third-order valence-electron chi connectivity index (χ3n) is 6.40. The van der Waals surface area contributed by atoms with Crippen molar-refractivity contribution in [3.8, 4) is 5.75 Å². The molecule has 3 N–H and O–H groups in total. The third-order valence-corrected chi connectivity index (χ3v) is 6.98. The predicted octanol–water partition coefficient (Wildman–Crippen LogP) is 5.83. The summed E-state index contributed by atoms with van der Waals surface area (Å²) in [5.41, 5.74) is 6.41. The van der Waals surface area contributed by atoms with Gasteiger partial charge in [-0.3, -0.25) is 0 Å². The topological polar surface area (TPSA) is 72.5 Å². The van der Waals surface area contributed by atoms with Gasteiger partial charge < -0.3 is 20.4 Å². The van der Waals surface area contributed by atoms with Crippen molar-refractivity contribution in [2.75, 3.05) is 20.3 Å². The van der Waals surface area contributed by atoms with Crippen molar-refractivity contribution >= 4 is 29.5 Å². The molecule has 0 radical (unpaired) electrons. The van der Waals surface area contributed by atoms with Gasteiger partial charge in [0.1, 0.15) is 18.6 Å². The lowest BCUT2D eigenvalue weighted by Crippen LogP contribution is -2.40. The second-order valence-corrected chi connectivity index (χ2v) is 8.96. The molecule has 3 rings (SSSR count). The van der Waals surface area contributed by atoms with E-state index in [2.05, 4.69) is 31.7 Å². The van der Waals surface area contributed by atoms with Gasteiger partial charge in [0.25, 0.3) is 0 Å². The molecule has 170 valence electrons. The molecule has 31 heavy (non-hydrogen) atoms. The van der Waals surface area contributed by atoms with E-state index in [-0.39, 0.29) is 36.4 Å². The van der Waals surface area contributed by atoms with Gasteiger partial charge in [0.15, 0.2) is 0 Å². The SMILES string of the molecule is CCC1C(c2ccc(Cl)cc2)C(c2ccc(OCCO)cc2Cl)CCC1(C)C=O.CN. The molecule has 2 aromatic carbocycles. The number of nitrogens with two attached hydrogens (primary N) is 1. The van der Waals surface area contributed by atoms with Crippen molar-refractivity contribution in [3.05, 3.63) is 63.6 Å². The highest BCUT2D eigenvalue weighted by molar-refractivity contribution is 6.31. The van der Waals surface area contributed by atoms with Crippen LogP contribution in [-0.2, 0) is 4.79 Å². The summed E-state index contributed by atoms with van der Waals surface area (Å²) in [5.74, 6) is 1.23. The molecule has 4 unspecified atom stereocenters. The van der Waals surface area contributed by atoms with Crippen LogP contribution in [0.1, 0.15) is 56.1 Å². The van der Waals surface area contributed by atoms with Gasteiger partial charge in [0.05, 0.1) is 6.61 Å². The molecule has 0 spiro atoms. The lowest BCUT2D eigenvalue weighted by atomic mass is 9.56. The zero-order valence-corrected chi connectivity index (χ0v) is 20.0. The Hall–Kier alpha value is -1.59. The third kappa shape index (κ3) is 5.81. The highest BCUT2D eigenvalue weighted by Crippen LogP contribution is 2.56. The summed E-state index contributed by atoms with van der Waals surface area (Å²) in [6.45, 7) is 4.44. The molecule has 0 aromatic heterocycles. The van der Waals surface area contributed by atoms with Crippen LogP contribution in [-0.4, -0.2) is 31.7 Å². The van der Waals surface area contributed by atoms with Crippen LogP contribution in [0.2, 0.25) is 10.0 Å². The van der Waals surface area contributed by atoms with Gasteiger partial charge in [-0.15, -0.1) is 0 Å². The fourth-order valence-electron chi connectivity index (χ4n) is 4.95. The Labute approximate surface area is 195 Å². The van der Waals surface area contributed by atoms with Gasteiger partial charge in [0, 0.05) is 15.5 Å². The van der Waals surface area contributed by atoms with Crippen LogP contribution >= 0.6 is 23.2 Å². The van der Waals surface area contributed by atoms with Crippen molar-refractivity contribution in [2.24, 2.45) is 17.1 Å². The number of carbonyl (C=O) groups is 1. The zero-order chi connectivity index (χ0) is 23.0. The number of carbonyl (C=O) groups excluding carboxylic acids is 1. The van der Waals surface area contributed by atoms with E-state index in [1.54, 1.807) is 0 Å². The molecule has 0 heterocycles. The maximum Gasteiger partial charge on any atom is 0.126 e. The minimum Gasteiger partial charge on any atom is -0.491 e. The van der Waals surface area contributed by atoms with Crippen molar-refractivity contribution in [2.45, 2.75) is 44.9 Å². The lowest BCUT2D eigenvalue weighted by molar-refractivity contribution is -0.121. The molecule has 0 aliphatic heterocycles. The molecular weight excluding hydrogens is 433 g/mol. The quantitative estimate of drug-likeness (QED) is 0.504. The fourth-order valence-corrected chi connectivity index (χ4v) is 5.39. The number of benzene rings is 2. The van der Waals surface area contributed by atoms with Gasteiger partial charge in [-0.25, -0.2) is 0 Å². The van der Waals surface area contributed by atoms with Crippen molar-refractivity contribution in [1.82, 2.24) is 0 Å². The molecule has 1 saturated carbocycles. The standard InChI is InChI=1S/C24H28Cl2O3.CH5N/c1-3-21-23(16-4-6-17(25)7-5-16)20(10-11-24(21,2)15-28)19-9-8-18(14-22(19)26)29-13-12-27;1-2/h4-9,14-15,20-21,23,27H,3,10-13H2,1-2H3;2H2,1H3. The summed E-state index contributed by atoms with van der Waals surface area (Å²) in [6.07, 6.45) is 3.78. The first-order valence-corrected chi connectivity index (χ1v) is 11.5. The largest absolute Gasteiger partial charge is 0.491 e. The molecule has 6 heteroatoms. The summed E-state index contributed by atoms with van der Waals surface area (Å²) in [5, 5.41) is 10.3. The van der Waals surface area contributed by atoms with Crippen LogP contribution in [0.15, 0.2) is 42.5 Å². The number of aliphatic hydroxyl groups excluding tert-OH is 1. The number of rotatable bonds is 7. The Balaban J connectivity index is 0.00000166. The smallest absolute Gasteiger partial charge is 0.126 e. The Bertz CT molecular complexity index is 843. The van der Waals surface area contributed by atoms with Crippen molar-refractivity contribution in [3.63, 3.8) is 0 Å². The summed E-state index contributed by atoms with van der Waals surface area (Å²) < 4.78 is 5.50. The van der Waals surface area contributed by atoms with E-state index in [0.29, 0.717) is 15.8 Å². The summed E-state index contributed by atoms with van der Waals surface area (Å²) in [7, 11) is 1.50. The van der Waals surface area contributed by atoms with E-state index < -0.39 is 0 Å². The molecule has 0 amide bonds. The first-order valence-electron chi connectivity index (χ1n) is 10.8. The van der Waals surface area contributed by atoms with Gasteiger partial charge in [-0.05, 0) is 73.0 Å². The first kappa shape index (κ1) is 25.7. The second kappa shape index (κ2) is 11.9. The normalized spacial score (nSPS) is 25.3. The van der Waals surface area contributed by atoms with E-state index >= 15 is 0 Å². The summed E-state index contributed by atoms with van der Waals surface area (Å²) in [6, 6.07) is 13.7. The number of hydrogen-bond acceptors (Lipinski definition) is 4. The number of aliphatic hydroxyl groups is 1. The summed E-state index contributed by atoms with van der Waals surface area (Å²) in [4.78, 5) is 12.1. The predicted molar refractivity (Wildman–Crippen MR) is 128 cm³/mol. The van der Waals surface area contributed by atoms with Crippen LogP contribution in [0.25, 0.3) is 0 Å². The maximum atomic E-state index is 12.1. The van der Waals surface area contributed by atoms with Crippen LogP contribution in [0.3, 0.4) is 0 Å². The van der Waals surface area contributed by atoms with Crippen LogP contribution < -0.4 is 10.5 Å². The van der Waals surface area contributed by atoms with Gasteiger partial charge in [0.2, 0.25) is 0 Å². The number of ether oxygens (including phenoxy) is 1. The van der Waals surface area contributed by atoms with E-state index in [9.17, 15) is 4.79 Å². The second-order valence-electron chi connectivity index (χ2n) is 8.12. The fraction of sp³-hybridized carbons (Fsp3) is 0.480. The summed E-state index contributed by atoms with van der Waals surface area (Å²) >= 11 is 12.8. The Morgan fingerprint density at radius 2 is 1.87 bits per heavy atom. The van der Waals surface area contributed by atoms with Gasteiger partial charge in [-0.1, -0.05) is 61.7 Å². The molecule has 4 atom stereocenters. The molecule has 0 bridgehead atoms. The molecule has 1 aliphatic carbocycles. The Kier molecular flexibility index (Phi) is 9.83. The molecule has 1 aliphatic rings. The van der Waals surface area contributed by atoms with E-state index in [1.807, 2.05) is 30.3 Å². The van der Waals surface area contributed by atoms with Gasteiger partial charge >= 0.3 is 0 Å². The number of aldehydes is 1. The Morgan fingerprint density at radius 3 is 2.42 bits per heavy atom. The van der Waals surface area contributed by atoms with Crippen LogP contribution in [0.5, 0.6) is 5.75 Å². The number of hydrogen-bond donors (Lipinski definition) is 2. The average Bonchev–Trinajstić information content (AvgIpc) is 2.79. The van der Waals surface area contributed by atoms with E-state index in [1.165, 1.54) is 12.6 Å². The van der Waals surface area contributed by atoms with Crippen molar-refractivity contribution in [1.29, 1.82) is 0 Å². The van der Waals surface area contributed by atoms with Crippen molar-refractivity contribution < 1.29 is 14.6 Å². The minimum atomic E-state index is -0.355. The maximum absolute atomic E-state index is 12.1. The lowest BCUT2D eigenvalue weighted by Gasteiger charge is -2.47. The first-order chi connectivity index (χ1) is 14.9. The average molecular weight is 466 g/mol. The number of halogens is 2. The van der Waals surface area contributed by atoms with E-state index in [0.717, 1.165) is 31.1 Å². The van der Waals surface area contributed by atoms with Gasteiger partial charge in [-0.2, -0.15) is 0 Å². The molecule has 2 aromatic rings. The van der Waals surface area contributed by atoms with Crippen LogP contribution in [0, 0.1) is 11.3 Å². The highest BCUT2D eigenvalue weighted by Gasteiger charge is 2.46. The molecule has 1 fully saturated rings. The monoisotopic (exact) mass is 465 g/mol. The molecule has 0 saturated heterocycles. The molecule has 4 nitrogen and oxygen atoms in total. The molecular formula is C25H33Cl2NO3. The Morgan fingerprint density at radius 1 is 1.19 bits per heavy atom. The van der Waals surface area contributed by atoms with Crippen LogP contribution in [0.4, 0.5) is 0 Å². The highest BCUT2D eigenvalue weighted by atomic mass is 35.5.